The Morgan fingerprint density at radius 2 is 1.81 bits per heavy atom. The maximum Gasteiger partial charge on any atom is 0.187 e. The van der Waals surface area contributed by atoms with Gasteiger partial charge in [-0.1, -0.05) is 32.5 Å². The number of thioether (sulfide) groups is 1. The number of nitrogens with one attached hydrogen (secondary N) is 1. The van der Waals surface area contributed by atoms with E-state index in [2.05, 4.69) is 36.1 Å². The van der Waals surface area contributed by atoms with Crippen molar-refractivity contribution >= 4 is 11.8 Å². The summed E-state index contributed by atoms with van der Waals surface area (Å²) in [4.78, 5) is 8.57. The van der Waals surface area contributed by atoms with Gasteiger partial charge in [0.2, 0.25) is 0 Å². The third-order valence-corrected chi connectivity index (χ3v) is 3.04. The van der Waals surface area contributed by atoms with E-state index in [1.165, 1.54) is 0 Å². The van der Waals surface area contributed by atoms with Crippen molar-refractivity contribution < 1.29 is 0 Å². The number of aryl methyl sites for hydroxylation is 1. The lowest BCUT2D eigenvalue weighted by Crippen LogP contribution is -2.26. The second-order valence-corrected chi connectivity index (χ2v) is 5.93. The molecule has 0 aromatic carbocycles. The molecule has 1 rings (SSSR count). The molecule has 0 fully saturated rings. The molecule has 16 heavy (non-hydrogen) atoms. The average Bonchev–Trinajstić information content (AvgIpc) is 2.21. The van der Waals surface area contributed by atoms with Crippen LogP contribution in [0.25, 0.3) is 0 Å². The smallest absolute Gasteiger partial charge is 0.187 e. The Balaban J connectivity index is 2.28. The van der Waals surface area contributed by atoms with E-state index in [0.29, 0.717) is 11.2 Å². The molecule has 0 bridgehead atoms. The Bertz CT molecular complexity index is 298. The first-order valence-corrected chi connectivity index (χ1v) is 6.62. The lowest BCUT2D eigenvalue weighted by atomic mass is 10.2. The molecule has 0 spiro atoms. The molecule has 0 amide bonds. The molecule has 90 valence electrons. The van der Waals surface area contributed by atoms with Crippen LogP contribution in [0.5, 0.6) is 0 Å². The molecule has 0 saturated carbocycles. The van der Waals surface area contributed by atoms with Crippen LogP contribution in [-0.2, 0) is 0 Å². The van der Waals surface area contributed by atoms with Crippen molar-refractivity contribution in [1.29, 1.82) is 0 Å². The third-order valence-electron chi connectivity index (χ3n) is 2.05. The number of hydrogen-bond acceptors (Lipinski definition) is 4. The first kappa shape index (κ1) is 13.5. The summed E-state index contributed by atoms with van der Waals surface area (Å²) in [5, 5.41) is 4.81. The van der Waals surface area contributed by atoms with Crippen LogP contribution in [0.3, 0.4) is 0 Å². The van der Waals surface area contributed by atoms with Crippen LogP contribution in [0.15, 0.2) is 17.6 Å². The lowest BCUT2D eigenvalue weighted by molar-refractivity contribution is 0.553. The van der Waals surface area contributed by atoms with E-state index in [1.54, 1.807) is 11.8 Å². The average molecular weight is 239 g/mol. The highest BCUT2D eigenvalue weighted by Crippen LogP contribution is 2.17. The maximum absolute atomic E-state index is 4.29. The van der Waals surface area contributed by atoms with Crippen molar-refractivity contribution in [2.45, 2.75) is 38.1 Å². The highest BCUT2D eigenvalue weighted by atomic mass is 32.2. The molecule has 1 aromatic rings. The van der Waals surface area contributed by atoms with Crippen LogP contribution in [0, 0.1) is 12.8 Å². The minimum absolute atomic E-state index is 0.501. The van der Waals surface area contributed by atoms with Gasteiger partial charge in [-0.3, -0.25) is 0 Å². The predicted molar refractivity (Wildman–Crippen MR) is 69.8 cm³/mol. The zero-order valence-electron chi connectivity index (χ0n) is 10.5. The standard InChI is InChI=1S/C12H21N3S/c1-9(2)5-13-8-11(4)16-12-14-6-10(3)7-15-12/h6-7,9,11,13H,5,8H2,1-4H3. The van der Waals surface area contributed by atoms with Gasteiger partial charge in [0.1, 0.15) is 0 Å². The minimum Gasteiger partial charge on any atom is -0.315 e. The van der Waals surface area contributed by atoms with Gasteiger partial charge in [-0.15, -0.1) is 0 Å². The van der Waals surface area contributed by atoms with Crippen LogP contribution in [-0.4, -0.2) is 28.3 Å². The molecular weight excluding hydrogens is 218 g/mol. The second kappa shape index (κ2) is 6.86. The van der Waals surface area contributed by atoms with Gasteiger partial charge in [0, 0.05) is 24.2 Å². The first-order valence-electron chi connectivity index (χ1n) is 5.74. The van der Waals surface area contributed by atoms with E-state index >= 15 is 0 Å². The number of rotatable bonds is 6. The van der Waals surface area contributed by atoms with E-state index in [1.807, 2.05) is 19.3 Å². The van der Waals surface area contributed by atoms with E-state index < -0.39 is 0 Å². The molecule has 1 heterocycles. The molecule has 4 heteroatoms. The fourth-order valence-electron chi connectivity index (χ4n) is 1.24. The van der Waals surface area contributed by atoms with Gasteiger partial charge in [0.25, 0.3) is 0 Å². The fourth-order valence-corrected chi connectivity index (χ4v) is 2.03. The summed E-state index contributed by atoms with van der Waals surface area (Å²) in [5.74, 6) is 0.702. The molecule has 0 aliphatic heterocycles. The molecule has 1 atom stereocenters. The zero-order valence-corrected chi connectivity index (χ0v) is 11.3. The summed E-state index contributed by atoms with van der Waals surface area (Å²) in [6.07, 6.45) is 3.73. The van der Waals surface area contributed by atoms with Crippen LogP contribution >= 0.6 is 11.8 Å². The molecule has 0 aliphatic rings. The molecule has 0 radical (unpaired) electrons. The van der Waals surface area contributed by atoms with E-state index in [0.717, 1.165) is 23.8 Å². The fraction of sp³-hybridized carbons (Fsp3) is 0.667. The number of nitrogens with zero attached hydrogens (tertiary/aromatic N) is 2. The van der Waals surface area contributed by atoms with Gasteiger partial charge in [-0.2, -0.15) is 0 Å². The van der Waals surface area contributed by atoms with Gasteiger partial charge in [0.15, 0.2) is 5.16 Å². The minimum atomic E-state index is 0.501. The van der Waals surface area contributed by atoms with Crippen molar-refractivity contribution in [3.8, 4) is 0 Å². The summed E-state index contributed by atoms with van der Waals surface area (Å²) in [6.45, 7) is 10.7. The summed E-state index contributed by atoms with van der Waals surface area (Å²) in [6, 6.07) is 0. The zero-order chi connectivity index (χ0) is 12.0. The monoisotopic (exact) mass is 239 g/mol. The quantitative estimate of drug-likeness (QED) is 0.611. The first-order chi connectivity index (χ1) is 7.58. The third kappa shape index (κ3) is 5.47. The van der Waals surface area contributed by atoms with Crippen LogP contribution in [0.4, 0.5) is 0 Å². The Hall–Kier alpha value is -0.610. The highest BCUT2D eigenvalue weighted by Gasteiger charge is 2.06. The second-order valence-electron chi connectivity index (χ2n) is 4.52. The molecule has 1 N–H and O–H groups in total. The van der Waals surface area contributed by atoms with E-state index in [4.69, 9.17) is 0 Å². The Kier molecular flexibility index (Phi) is 5.77. The Labute approximate surface area is 102 Å². The molecule has 0 saturated heterocycles. The van der Waals surface area contributed by atoms with Crippen LogP contribution in [0.2, 0.25) is 0 Å². The summed E-state index contributed by atoms with van der Waals surface area (Å²) < 4.78 is 0. The maximum atomic E-state index is 4.29. The molecule has 1 aromatic heterocycles. The topological polar surface area (TPSA) is 37.8 Å². The van der Waals surface area contributed by atoms with Gasteiger partial charge in [-0.05, 0) is 24.9 Å². The lowest BCUT2D eigenvalue weighted by Gasteiger charge is -2.12. The SMILES string of the molecule is Cc1cnc(SC(C)CNCC(C)C)nc1. The van der Waals surface area contributed by atoms with E-state index in [9.17, 15) is 0 Å². The Morgan fingerprint density at radius 3 is 2.38 bits per heavy atom. The van der Waals surface area contributed by atoms with Crippen molar-refractivity contribution in [3.05, 3.63) is 18.0 Å². The number of hydrogen-bond donors (Lipinski definition) is 1. The molecule has 0 aliphatic carbocycles. The number of aromatic nitrogens is 2. The van der Waals surface area contributed by atoms with Crippen molar-refractivity contribution in [2.75, 3.05) is 13.1 Å². The van der Waals surface area contributed by atoms with E-state index in [-0.39, 0.29) is 0 Å². The molecule has 1 unspecified atom stereocenters. The van der Waals surface area contributed by atoms with Crippen molar-refractivity contribution in [2.24, 2.45) is 5.92 Å². The summed E-state index contributed by atoms with van der Waals surface area (Å²) in [7, 11) is 0. The van der Waals surface area contributed by atoms with Gasteiger partial charge >= 0.3 is 0 Å². The van der Waals surface area contributed by atoms with Crippen LogP contribution in [0.1, 0.15) is 26.3 Å². The molecular formula is C12H21N3S. The highest BCUT2D eigenvalue weighted by molar-refractivity contribution is 7.99. The van der Waals surface area contributed by atoms with Crippen LogP contribution < -0.4 is 5.32 Å². The summed E-state index contributed by atoms with van der Waals surface area (Å²) >= 11 is 1.72. The molecule has 3 nitrogen and oxygen atoms in total. The van der Waals surface area contributed by atoms with Gasteiger partial charge < -0.3 is 5.32 Å². The largest absolute Gasteiger partial charge is 0.315 e. The van der Waals surface area contributed by atoms with Gasteiger partial charge in [-0.25, -0.2) is 9.97 Å². The predicted octanol–water partition coefficient (Wildman–Crippen LogP) is 2.51. The summed E-state index contributed by atoms with van der Waals surface area (Å²) in [5.41, 5.74) is 1.11. The normalized spacial score (nSPS) is 13.1. The van der Waals surface area contributed by atoms with Gasteiger partial charge in [0.05, 0.1) is 0 Å². The van der Waals surface area contributed by atoms with Crippen molar-refractivity contribution in [1.82, 2.24) is 15.3 Å². The van der Waals surface area contributed by atoms with Crippen molar-refractivity contribution in [3.63, 3.8) is 0 Å². The Morgan fingerprint density at radius 1 is 1.19 bits per heavy atom.